The lowest BCUT2D eigenvalue weighted by molar-refractivity contribution is -0.120. The molecular weight excluding hydrogens is 348 g/mol. The van der Waals surface area contributed by atoms with Crippen molar-refractivity contribution in [3.63, 3.8) is 0 Å². The minimum atomic E-state index is -0.0897. The number of rotatable bonds is 8. The highest BCUT2D eigenvalue weighted by Gasteiger charge is 2.11. The first-order valence-corrected chi connectivity index (χ1v) is 9.33. The van der Waals surface area contributed by atoms with E-state index >= 15 is 0 Å². The van der Waals surface area contributed by atoms with Gasteiger partial charge in [-0.15, -0.1) is 11.3 Å². The van der Waals surface area contributed by atoms with Gasteiger partial charge in [0.2, 0.25) is 11.8 Å². The van der Waals surface area contributed by atoms with Crippen LogP contribution in [0.4, 0.5) is 0 Å². The molecule has 0 radical (unpaired) electrons. The van der Waals surface area contributed by atoms with Gasteiger partial charge in [0, 0.05) is 29.9 Å². The SMILES string of the molecule is CCCOc1ncccc1CNC(=O)Cc1csc(-c2ccccn2)n1. The molecule has 0 spiro atoms. The maximum absolute atomic E-state index is 12.2. The topological polar surface area (TPSA) is 77.0 Å². The summed E-state index contributed by atoms with van der Waals surface area (Å²) in [6.45, 7) is 3.02. The summed E-state index contributed by atoms with van der Waals surface area (Å²) in [4.78, 5) is 25.2. The quantitative estimate of drug-likeness (QED) is 0.660. The van der Waals surface area contributed by atoms with E-state index in [4.69, 9.17) is 4.74 Å². The normalized spacial score (nSPS) is 10.5. The molecule has 134 valence electrons. The van der Waals surface area contributed by atoms with E-state index in [1.165, 1.54) is 11.3 Å². The molecule has 3 heterocycles. The van der Waals surface area contributed by atoms with Crippen LogP contribution in [0.25, 0.3) is 10.7 Å². The molecular formula is C19H20N4O2S. The van der Waals surface area contributed by atoms with Crippen molar-refractivity contribution < 1.29 is 9.53 Å². The summed E-state index contributed by atoms with van der Waals surface area (Å²) in [5, 5.41) is 5.61. The first-order valence-electron chi connectivity index (χ1n) is 8.45. The zero-order valence-corrected chi connectivity index (χ0v) is 15.3. The molecule has 3 aromatic heterocycles. The van der Waals surface area contributed by atoms with Gasteiger partial charge in [-0.3, -0.25) is 9.78 Å². The Bertz CT molecular complexity index is 852. The maximum atomic E-state index is 12.2. The Labute approximate surface area is 156 Å². The molecule has 0 saturated carbocycles. The van der Waals surface area contributed by atoms with E-state index in [9.17, 15) is 4.79 Å². The van der Waals surface area contributed by atoms with E-state index in [0.717, 1.165) is 28.4 Å². The van der Waals surface area contributed by atoms with Crippen LogP contribution in [0.3, 0.4) is 0 Å². The van der Waals surface area contributed by atoms with Crippen molar-refractivity contribution in [1.29, 1.82) is 0 Å². The van der Waals surface area contributed by atoms with Crippen molar-refractivity contribution in [2.75, 3.05) is 6.61 Å². The molecule has 0 atom stereocenters. The molecule has 6 nitrogen and oxygen atoms in total. The van der Waals surface area contributed by atoms with Crippen molar-refractivity contribution in [2.45, 2.75) is 26.3 Å². The number of thiazole rings is 1. The van der Waals surface area contributed by atoms with Crippen LogP contribution < -0.4 is 10.1 Å². The molecule has 1 amide bonds. The predicted octanol–water partition coefficient (Wildman–Crippen LogP) is 3.25. The zero-order chi connectivity index (χ0) is 18.2. The largest absolute Gasteiger partial charge is 0.477 e. The molecule has 0 aliphatic heterocycles. The van der Waals surface area contributed by atoms with Crippen LogP contribution in [-0.2, 0) is 17.8 Å². The third-order valence-electron chi connectivity index (χ3n) is 3.55. The predicted molar refractivity (Wildman–Crippen MR) is 101 cm³/mol. The van der Waals surface area contributed by atoms with Crippen molar-refractivity contribution in [2.24, 2.45) is 0 Å². The van der Waals surface area contributed by atoms with Gasteiger partial charge >= 0.3 is 0 Å². The van der Waals surface area contributed by atoms with E-state index < -0.39 is 0 Å². The van der Waals surface area contributed by atoms with Crippen LogP contribution in [0.5, 0.6) is 5.88 Å². The summed E-state index contributed by atoms with van der Waals surface area (Å²) in [5.41, 5.74) is 2.42. The lowest BCUT2D eigenvalue weighted by Crippen LogP contribution is -2.25. The second-order valence-corrected chi connectivity index (χ2v) is 6.49. The van der Waals surface area contributed by atoms with E-state index in [-0.39, 0.29) is 12.3 Å². The molecule has 0 aliphatic carbocycles. The van der Waals surface area contributed by atoms with Gasteiger partial charge in [0.05, 0.1) is 24.4 Å². The van der Waals surface area contributed by atoms with Crippen molar-refractivity contribution >= 4 is 17.2 Å². The zero-order valence-electron chi connectivity index (χ0n) is 14.5. The van der Waals surface area contributed by atoms with Gasteiger partial charge in [0.15, 0.2) is 0 Å². The number of nitrogens with zero attached hydrogens (tertiary/aromatic N) is 3. The minimum Gasteiger partial charge on any atom is -0.477 e. The number of pyridine rings is 2. The van der Waals surface area contributed by atoms with Gasteiger partial charge in [-0.25, -0.2) is 9.97 Å². The third-order valence-corrected chi connectivity index (χ3v) is 4.46. The molecule has 0 aliphatic rings. The highest BCUT2D eigenvalue weighted by atomic mass is 32.1. The monoisotopic (exact) mass is 368 g/mol. The number of hydrogen-bond acceptors (Lipinski definition) is 6. The molecule has 0 unspecified atom stereocenters. The Morgan fingerprint density at radius 2 is 2.08 bits per heavy atom. The lowest BCUT2D eigenvalue weighted by atomic mass is 10.2. The van der Waals surface area contributed by atoms with Crippen molar-refractivity contribution in [1.82, 2.24) is 20.3 Å². The van der Waals surface area contributed by atoms with Crippen molar-refractivity contribution in [3.05, 3.63) is 59.4 Å². The van der Waals surface area contributed by atoms with Crippen molar-refractivity contribution in [3.8, 4) is 16.6 Å². The number of hydrogen-bond donors (Lipinski definition) is 1. The molecule has 0 fully saturated rings. The van der Waals surface area contributed by atoms with Crippen LogP contribution in [-0.4, -0.2) is 27.5 Å². The molecule has 7 heteroatoms. The van der Waals surface area contributed by atoms with Gasteiger partial charge in [0.1, 0.15) is 5.01 Å². The van der Waals surface area contributed by atoms with Gasteiger partial charge in [-0.05, 0) is 24.6 Å². The Balaban J connectivity index is 1.56. The molecule has 3 rings (SSSR count). The minimum absolute atomic E-state index is 0.0897. The Kier molecular flexibility index (Phi) is 6.27. The lowest BCUT2D eigenvalue weighted by Gasteiger charge is -2.10. The maximum Gasteiger partial charge on any atom is 0.226 e. The smallest absolute Gasteiger partial charge is 0.226 e. The fourth-order valence-electron chi connectivity index (χ4n) is 2.30. The Morgan fingerprint density at radius 3 is 2.88 bits per heavy atom. The van der Waals surface area contributed by atoms with Gasteiger partial charge in [-0.2, -0.15) is 0 Å². The first kappa shape index (κ1) is 18.0. The summed E-state index contributed by atoms with van der Waals surface area (Å²) < 4.78 is 5.61. The number of ether oxygens (including phenoxy) is 1. The number of carbonyl (C=O) groups is 1. The fourth-order valence-corrected chi connectivity index (χ4v) is 3.10. The molecule has 0 aromatic carbocycles. The van der Waals surface area contributed by atoms with E-state index in [1.807, 2.05) is 42.6 Å². The Hall–Kier alpha value is -2.80. The molecule has 0 bridgehead atoms. The summed E-state index contributed by atoms with van der Waals surface area (Å²) >= 11 is 1.49. The average Bonchev–Trinajstić information content (AvgIpc) is 3.14. The van der Waals surface area contributed by atoms with Gasteiger partial charge in [0.25, 0.3) is 0 Å². The number of aromatic nitrogens is 3. The number of amides is 1. The summed E-state index contributed by atoms with van der Waals surface area (Å²) in [7, 11) is 0. The van der Waals surface area contributed by atoms with Crippen LogP contribution in [0.1, 0.15) is 24.6 Å². The second kappa shape index (κ2) is 9.05. The molecule has 3 aromatic rings. The molecule has 1 N–H and O–H groups in total. The van der Waals surface area contributed by atoms with Crippen LogP contribution >= 0.6 is 11.3 Å². The number of carbonyl (C=O) groups excluding carboxylic acids is 1. The van der Waals surface area contributed by atoms with E-state index in [1.54, 1.807) is 12.4 Å². The van der Waals surface area contributed by atoms with E-state index in [2.05, 4.69) is 20.3 Å². The summed E-state index contributed by atoms with van der Waals surface area (Å²) in [6, 6.07) is 9.42. The summed E-state index contributed by atoms with van der Waals surface area (Å²) in [6.07, 6.45) is 4.56. The third kappa shape index (κ3) is 4.86. The second-order valence-electron chi connectivity index (χ2n) is 5.63. The molecule has 26 heavy (non-hydrogen) atoms. The first-order chi connectivity index (χ1) is 12.8. The highest BCUT2D eigenvalue weighted by molar-refractivity contribution is 7.13. The average molecular weight is 368 g/mol. The van der Waals surface area contributed by atoms with Gasteiger partial charge in [-0.1, -0.05) is 19.1 Å². The Morgan fingerprint density at radius 1 is 1.19 bits per heavy atom. The van der Waals surface area contributed by atoms with Gasteiger partial charge < -0.3 is 10.1 Å². The standard InChI is InChI=1S/C19H20N4O2S/c1-2-10-25-18-14(6-5-9-21-18)12-22-17(24)11-15-13-26-19(23-15)16-7-3-4-8-20-16/h3-9,13H,2,10-12H2,1H3,(H,22,24). The fraction of sp³-hybridized carbons (Fsp3) is 0.263. The summed E-state index contributed by atoms with van der Waals surface area (Å²) in [5.74, 6) is 0.480. The number of nitrogens with one attached hydrogen (secondary N) is 1. The highest BCUT2D eigenvalue weighted by Crippen LogP contribution is 2.21. The van der Waals surface area contributed by atoms with Crippen LogP contribution in [0, 0.1) is 0 Å². The molecule has 0 saturated heterocycles. The van der Waals surface area contributed by atoms with E-state index in [0.29, 0.717) is 19.0 Å². The van der Waals surface area contributed by atoms with Crippen LogP contribution in [0.15, 0.2) is 48.1 Å². The van der Waals surface area contributed by atoms with Crippen LogP contribution in [0.2, 0.25) is 0 Å².